The van der Waals surface area contributed by atoms with Gasteiger partial charge in [0.05, 0.1) is 5.56 Å². The van der Waals surface area contributed by atoms with Crippen LogP contribution in [0.2, 0.25) is 0 Å². The predicted octanol–water partition coefficient (Wildman–Crippen LogP) is 3.97. The molecule has 0 aromatic heterocycles. The van der Waals surface area contributed by atoms with Crippen LogP contribution < -0.4 is 0 Å². The summed E-state index contributed by atoms with van der Waals surface area (Å²) in [4.78, 5) is 0. The summed E-state index contributed by atoms with van der Waals surface area (Å²) < 4.78 is 27.8. The quantitative estimate of drug-likeness (QED) is 0.868. The number of hydrogen-bond donors (Lipinski definition) is 1. The maximum atomic E-state index is 14.0. The summed E-state index contributed by atoms with van der Waals surface area (Å²) in [5.41, 5.74) is 2.31. The molecule has 0 fully saturated rings. The van der Waals surface area contributed by atoms with Gasteiger partial charge in [0.25, 0.3) is 0 Å². The topological polar surface area (TPSA) is 20.2 Å². The van der Waals surface area contributed by atoms with E-state index in [1.807, 2.05) is 26.0 Å². The summed E-state index contributed by atoms with van der Waals surface area (Å²) in [5, 5.41) is 10.3. The second-order valence-corrected chi connectivity index (χ2v) is 4.85. The number of halogens is 2. The Bertz CT molecular complexity index is 620. The number of aliphatic hydroxyl groups is 1. The zero-order valence-corrected chi connectivity index (χ0v) is 11.2. The van der Waals surface area contributed by atoms with E-state index in [1.54, 1.807) is 13.0 Å². The van der Waals surface area contributed by atoms with Crippen LogP contribution in [0.25, 0.3) is 0 Å². The highest BCUT2D eigenvalue weighted by Gasteiger charge is 2.22. The van der Waals surface area contributed by atoms with E-state index in [-0.39, 0.29) is 5.56 Å². The highest BCUT2D eigenvalue weighted by Crippen LogP contribution is 2.30. The average Bonchev–Trinajstić information content (AvgIpc) is 2.37. The van der Waals surface area contributed by atoms with Gasteiger partial charge < -0.3 is 5.11 Å². The van der Waals surface area contributed by atoms with Gasteiger partial charge in [-0.2, -0.15) is 0 Å². The minimum atomic E-state index is -1.29. The van der Waals surface area contributed by atoms with Crippen LogP contribution in [-0.4, -0.2) is 5.11 Å². The highest BCUT2D eigenvalue weighted by atomic mass is 19.1. The fourth-order valence-corrected chi connectivity index (χ4v) is 2.14. The molecule has 0 heterocycles. The van der Waals surface area contributed by atoms with Crippen molar-refractivity contribution in [3.05, 3.63) is 69.8 Å². The molecule has 1 atom stereocenters. The van der Waals surface area contributed by atoms with E-state index < -0.39 is 17.7 Å². The normalized spacial score (nSPS) is 12.5. The maximum Gasteiger partial charge on any atom is 0.135 e. The summed E-state index contributed by atoms with van der Waals surface area (Å²) >= 11 is 0. The van der Waals surface area contributed by atoms with Crippen LogP contribution >= 0.6 is 0 Å². The zero-order valence-electron chi connectivity index (χ0n) is 11.2. The average molecular weight is 262 g/mol. The second kappa shape index (κ2) is 5.10. The third kappa shape index (κ3) is 2.51. The maximum absolute atomic E-state index is 14.0. The summed E-state index contributed by atoms with van der Waals surface area (Å²) in [6.45, 7) is 5.23. The fraction of sp³-hybridized carbons (Fsp3) is 0.250. The smallest absolute Gasteiger partial charge is 0.135 e. The summed E-state index contributed by atoms with van der Waals surface area (Å²) in [6.07, 6.45) is -1.29. The van der Waals surface area contributed by atoms with Crippen molar-refractivity contribution in [2.24, 2.45) is 0 Å². The third-order valence-electron chi connectivity index (χ3n) is 3.32. The van der Waals surface area contributed by atoms with Gasteiger partial charge in [-0.05, 0) is 43.5 Å². The molecule has 0 aliphatic carbocycles. The number of aliphatic hydroxyl groups excluding tert-OH is 1. The molecule has 19 heavy (non-hydrogen) atoms. The van der Waals surface area contributed by atoms with Crippen molar-refractivity contribution >= 4 is 0 Å². The van der Waals surface area contributed by atoms with Crippen molar-refractivity contribution in [2.45, 2.75) is 26.9 Å². The van der Waals surface area contributed by atoms with Crippen LogP contribution in [-0.2, 0) is 0 Å². The van der Waals surface area contributed by atoms with Crippen LogP contribution in [0.4, 0.5) is 8.78 Å². The van der Waals surface area contributed by atoms with Crippen LogP contribution in [0.3, 0.4) is 0 Å². The van der Waals surface area contributed by atoms with Crippen LogP contribution in [0, 0.1) is 32.4 Å². The molecular weight excluding hydrogens is 246 g/mol. The number of aryl methyl sites for hydroxylation is 3. The molecule has 0 radical (unpaired) electrons. The number of benzene rings is 2. The summed E-state index contributed by atoms with van der Waals surface area (Å²) in [5.74, 6) is -1.41. The van der Waals surface area contributed by atoms with E-state index in [2.05, 4.69) is 0 Å². The molecule has 2 aromatic carbocycles. The fourth-order valence-electron chi connectivity index (χ4n) is 2.14. The van der Waals surface area contributed by atoms with Crippen LogP contribution in [0.1, 0.15) is 33.9 Å². The lowest BCUT2D eigenvalue weighted by molar-refractivity contribution is 0.208. The zero-order chi connectivity index (χ0) is 14.2. The molecule has 100 valence electrons. The van der Waals surface area contributed by atoms with Gasteiger partial charge in [0, 0.05) is 0 Å². The molecule has 0 spiro atoms. The van der Waals surface area contributed by atoms with Crippen molar-refractivity contribution in [2.75, 3.05) is 0 Å². The SMILES string of the molecule is Cc1ccc(C)c(C(O)c2c(F)ccc(C)c2F)c1. The Morgan fingerprint density at radius 2 is 1.58 bits per heavy atom. The first kappa shape index (κ1) is 13.7. The molecule has 1 nitrogen and oxygen atoms in total. The lowest BCUT2D eigenvalue weighted by Gasteiger charge is -2.17. The Morgan fingerprint density at radius 1 is 0.947 bits per heavy atom. The first-order chi connectivity index (χ1) is 8.91. The van der Waals surface area contributed by atoms with Gasteiger partial charge in [-0.25, -0.2) is 8.78 Å². The molecule has 0 bridgehead atoms. The molecule has 2 aromatic rings. The summed E-state index contributed by atoms with van der Waals surface area (Å²) in [6, 6.07) is 8.03. The van der Waals surface area contributed by atoms with E-state index in [4.69, 9.17) is 0 Å². The predicted molar refractivity (Wildman–Crippen MR) is 71.1 cm³/mol. The monoisotopic (exact) mass is 262 g/mol. The minimum absolute atomic E-state index is 0.284. The first-order valence-electron chi connectivity index (χ1n) is 6.11. The molecule has 0 aliphatic rings. The Labute approximate surface area is 111 Å². The van der Waals surface area contributed by atoms with Gasteiger partial charge in [0.1, 0.15) is 17.7 Å². The van der Waals surface area contributed by atoms with Crippen LogP contribution in [0.15, 0.2) is 30.3 Å². The van der Waals surface area contributed by atoms with Crippen molar-refractivity contribution in [3.63, 3.8) is 0 Å². The van der Waals surface area contributed by atoms with Gasteiger partial charge in [-0.3, -0.25) is 0 Å². The molecule has 0 amide bonds. The third-order valence-corrected chi connectivity index (χ3v) is 3.32. The lowest BCUT2D eigenvalue weighted by atomic mass is 9.94. The van der Waals surface area contributed by atoms with E-state index in [0.717, 1.165) is 11.1 Å². The van der Waals surface area contributed by atoms with Crippen LogP contribution in [0.5, 0.6) is 0 Å². The largest absolute Gasteiger partial charge is 0.383 e. The second-order valence-electron chi connectivity index (χ2n) is 4.85. The van der Waals surface area contributed by atoms with E-state index in [1.165, 1.54) is 12.1 Å². The van der Waals surface area contributed by atoms with Gasteiger partial charge in [0.2, 0.25) is 0 Å². The number of hydrogen-bond acceptors (Lipinski definition) is 1. The van der Waals surface area contributed by atoms with Crippen molar-refractivity contribution in [1.29, 1.82) is 0 Å². The van der Waals surface area contributed by atoms with E-state index in [9.17, 15) is 13.9 Å². The van der Waals surface area contributed by atoms with E-state index >= 15 is 0 Å². The molecule has 1 unspecified atom stereocenters. The molecule has 0 saturated heterocycles. The summed E-state index contributed by atoms with van der Waals surface area (Å²) in [7, 11) is 0. The van der Waals surface area contributed by atoms with Crippen molar-refractivity contribution < 1.29 is 13.9 Å². The first-order valence-corrected chi connectivity index (χ1v) is 6.11. The lowest BCUT2D eigenvalue weighted by Crippen LogP contribution is -2.08. The van der Waals surface area contributed by atoms with Gasteiger partial charge >= 0.3 is 0 Å². The molecule has 2 rings (SSSR count). The van der Waals surface area contributed by atoms with Gasteiger partial charge in [0.15, 0.2) is 0 Å². The molecular formula is C16H16F2O. The van der Waals surface area contributed by atoms with Crippen molar-refractivity contribution in [1.82, 2.24) is 0 Å². The number of rotatable bonds is 2. The minimum Gasteiger partial charge on any atom is -0.383 e. The Morgan fingerprint density at radius 3 is 2.26 bits per heavy atom. The molecule has 3 heteroatoms. The Hall–Kier alpha value is -1.74. The Balaban J connectivity index is 2.59. The van der Waals surface area contributed by atoms with Gasteiger partial charge in [-0.15, -0.1) is 0 Å². The standard InChI is InChI=1S/C16H16F2O/c1-9-4-5-10(2)12(8-9)16(19)14-13(17)7-6-11(3)15(14)18/h4-8,16,19H,1-3H3. The van der Waals surface area contributed by atoms with Crippen molar-refractivity contribution in [3.8, 4) is 0 Å². The van der Waals surface area contributed by atoms with E-state index in [0.29, 0.717) is 11.1 Å². The molecule has 0 aliphatic heterocycles. The van der Waals surface area contributed by atoms with Gasteiger partial charge in [-0.1, -0.05) is 29.8 Å². The molecule has 0 saturated carbocycles. The highest BCUT2D eigenvalue weighted by molar-refractivity contribution is 5.40. The molecule has 1 N–H and O–H groups in total. The Kier molecular flexibility index (Phi) is 3.67.